The van der Waals surface area contributed by atoms with Gasteiger partial charge in [-0.2, -0.15) is 0 Å². The van der Waals surface area contributed by atoms with Crippen LogP contribution in [0, 0.1) is 11.8 Å². The smallest absolute Gasteiger partial charge is 0.0509 e. The lowest BCUT2D eigenvalue weighted by molar-refractivity contribution is 0.00606. The van der Waals surface area contributed by atoms with Gasteiger partial charge in [-0.05, 0) is 44.1 Å². The minimum Gasteiger partial charge on any atom is -0.381 e. The van der Waals surface area contributed by atoms with Crippen molar-refractivity contribution in [2.45, 2.75) is 38.6 Å². The van der Waals surface area contributed by atoms with Crippen LogP contribution < -0.4 is 5.32 Å². The van der Waals surface area contributed by atoms with Crippen LogP contribution in [0.25, 0.3) is 0 Å². The van der Waals surface area contributed by atoms with Crippen LogP contribution in [0.15, 0.2) is 0 Å². The Morgan fingerprint density at radius 3 is 2.56 bits per heavy atom. The summed E-state index contributed by atoms with van der Waals surface area (Å²) in [4.78, 5) is 0. The van der Waals surface area contributed by atoms with Gasteiger partial charge in [0, 0.05) is 25.9 Å². The highest BCUT2D eigenvalue weighted by molar-refractivity contribution is 4.82. The van der Waals surface area contributed by atoms with Crippen molar-refractivity contribution in [2.24, 2.45) is 11.8 Å². The van der Waals surface area contributed by atoms with E-state index in [0.29, 0.717) is 6.04 Å². The summed E-state index contributed by atoms with van der Waals surface area (Å²) >= 11 is 0. The van der Waals surface area contributed by atoms with Gasteiger partial charge in [-0.25, -0.2) is 0 Å². The molecule has 0 bridgehead atoms. The molecule has 2 unspecified atom stereocenters. The Morgan fingerprint density at radius 1 is 1.06 bits per heavy atom. The number of rotatable bonds is 4. The maximum Gasteiger partial charge on any atom is 0.0509 e. The molecule has 2 fully saturated rings. The van der Waals surface area contributed by atoms with E-state index in [9.17, 15) is 0 Å². The van der Waals surface area contributed by atoms with Gasteiger partial charge in [0.05, 0.1) is 6.61 Å². The molecule has 2 aliphatic heterocycles. The summed E-state index contributed by atoms with van der Waals surface area (Å²) in [6.07, 6.45) is 4.99. The normalized spacial score (nSPS) is 32.8. The fraction of sp³-hybridized carbons (Fsp3) is 1.00. The molecule has 2 heterocycles. The van der Waals surface area contributed by atoms with Crippen LogP contribution in [0.1, 0.15) is 32.6 Å². The van der Waals surface area contributed by atoms with Crippen molar-refractivity contribution < 1.29 is 9.47 Å². The first-order chi connectivity index (χ1) is 7.90. The average Bonchev–Trinajstić information content (AvgIpc) is 2.33. The van der Waals surface area contributed by atoms with E-state index >= 15 is 0 Å². The fourth-order valence-electron chi connectivity index (χ4n) is 2.97. The van der Waals surface area contributed by atoms with Crippen LogP contribution >= 0.6 is 0 Å². The van der Waals surface area contributed by atoms with Crippen molar-refractivity contribution in [3.05, 3.63) is 0 Å². The summed E-state index contributed by atoms with van der Waals surface area (Å²) in [6, 6.07) is 0.682. The van der Waals surface area contributed by atoms with E-state index in [1.165, 1.54) is 25.7 Å². The molecule has 3 nitrogen and oxygen atoms in total. The maximum absolute atomic E-state index is 5.63. The molecule has 2 atom stereocenters. The zero-order valence-corrected chi connectivity index (χ0v) is 10.4. The van der Waals surface area contributed by atoms with Gasteiger partial charge in [0.2, 0.25) is 0 Å². The molecule has 0 amide bonds. The maximum atomic E-state index is 5.63. The first-order valence-corrected chi connectivity index (χ1v) is 6.79. The Hall–Kier alpha value is -0.120. The van der Waals surface area contributed by atoms with Crippen molar-refractivity contribution >= 4 is 0 Å². The lowest BCUT2D eigenvalue weighted by Crippen LogP contribution is -2.43. The van der Waals surface area contributed by atoms with Gasteiger partial charge in [-0.1, -0.05) is 6.92 Å². The van der Waals surface area contributed by atoms with Crippen LogP contribution in [-0.2, 0) is 9.47 Å². The Labute approximate surface area is 98.9 Å². The molecule has 2 aliphatic rings. The van der Waals surface area contributed by atoms with Gasteiger partial charge in [0.1, 0.15) is 0 Å². The number of nitrogens with one attached hydrogen (secondary N) is 1. The molecule has 16 heavy (non-hydrogen) atoms. The Bertz CT molecular complexity index is 190. The molecule has 2 rings (SSSR count). The topological polar surface area (TPSA) is 30.5 Å². The third kappa shape index (κ3) is 3.44. The molecule has 0 aromatic carbocycles. The molecule has 1 N–H and O–H groups in total. The van der Waals surface area contributed by atoms with Crippen LogP contribution in [-0.4, -0.2) is 39.0 Å². The van der Waals surface area contributed by atoms with Gasteiger partial charge >= 0.3 is 0 Å². The first kappa shape index (κ1) is 12.3. The number of ether oxygens (including phenoxy) is 2. The van der Waals surface area contributed by atoms with E-state index in [4.69, 9.17) is 9.47 Å². The van der Waals surface area contributed by atoms with E-state index in [-0.39, 0.29) is 0 Å². The third-order valence-electron chi connectivity index (χ3n) is 3.92. The minimum absolute atomic E-state index is 0.682. The van der Waals surface area contributed by atoms with Gasteiger partial charge in [-0.15, -0.1) is 0 Å². The van der Waals surface area contributed by atoms with Crippen LogP contribution in [0.5, 0.6) is 0 Å². The number of hydrogen-bond acceptors (Lipinski definition) is 3. The second-order valence-corrected chi connectivity index (χ2v) is 5.08. The molecule has 2 saturated heterocycles. The van der Waals surface area contributed by atoms with E-state index in [0.717, 1.165) is 44.8 Å². The highest BCUT2D eigenvalue weighted by Gasteiger charge is 2.28. The quantitative estimate of drug-likeness (QED) is 0.794. The van der Waals surface area contributed by atoms with E-state index in [1.807, 2.05) is 0 Å². The Kier molecular flexibility index (Phi) is 5.07. The molecule has 3 heteroatoms. The Balaban J connectivity index is 1.80. The summed E-state index contributed by atoms with van der Waals surface area (Å²) in [5.41, 5.74) is 0. The number of hydrogen-bond donors (Lipinski definition) is 1. The zero-order valence-electron chi connectivity index (χ0n) is 10.4. The second kappa shape index (κ2) is 6.58. The van der Waals surface area contributed by atoms with Gasteiger partial charge in [0.25, 0.3) is 0 Å². The minimum atomic E-state index is 0.682. The van der Waals surface area contributed by atoms with Crippen LogP contribution in [0.4, 0.5) is 0 Å². The molecule has 0 radical (unpaired) electrons. The molecule has 94 valence electrons. The SMILES string of the molecule is CCNC1CCOCC1CC1CCOCC1. The second-order valence-electron chi connectivity index (χ2n) is 5.08. The summed E-state index contributed by atoms with van der Waals surface area (Å²) in [6.45, 7) is 7.08. The zero-order chi connectivity index (χ0) is 11.2. The van der Waals surface area contributed by atoms with Gasteiger partial charge < -0.3 is 14.8 Å². The van der Waals surface area contributed by atoms with E-state index < -0.39 is 0 Å². The molecule has 0 aromatic heterocycles. The van der Waals surface area contributed by atoms with Crippen molar-refractivity contribution in [2.75, 3.05) is 33.0 Å². The van der Waals surface area contributed by atoms with Crippen molar-refractivity contribution in [3.8, 4) is 0 Å². The third-order valence-corrected chi connectivity index (χ3v) is 3.92. The summed E-state index contributed by atoms with van der Waals surface area (Å²) in [7, 11) is 0. The summed E-state index contributed by atoms with van der Waals surface area (Å²) in [5, 5.41) is 3.61. The van der Waals surface area contributed by atoms with E-state index in [1.54, 1.807) is 0 Å². The summed E-state index contributed by atoms with van der Waals surface area (Å²) in [5.74, 6) is 1.58. The molecular formula is C13H25NO2. The first-order valence-electron chi connectivity index (χ1n) is 6.79. The van der Waals surface area contributed by atoms with Crippen molar-refractivity contribution in [1.82, 2.24) is 5.32 Å². The monoisotopic (exact) mass is 227 g/mol. The fourth-order valence-corrected chi connectivity index (χ4v) is 2.97. The highest BCUT2D eigenvalue weighted by Crippen LogP contribution is 2.27. The Morgan fingerprint density at radius 2 is 1.81 bits per heavy atom. The lowest BCUT2D eigenvalue weighted by Gasteiger charge is -2.35. The average molecular weight is 227 g/mol. The molecular weight excluding hydrogens is 202 g/mol. The highest BCUT2D eigenvalue weighted by atomic mass is 16.5. The van der Waals surface area contributed by atoms with Crippen molar-refractivity contribution in [3.63, 3.8) is 0 Å². The van der Waals surface area contributed by atoms with Crippen LogP contribution in [0.2, 0.25) is 0 Å². The predicted octanol–water partition coefficient (Wildman–Crippen LogP) is 1.82. The van der Waals surface area contributed by atoms with Crippen molar-refractivity contribution in [1.29, 1.82) is 0 Å². The largest absolute Gasteiger partial charge is 0.381 e. The molecule has 0 spiro atoms. The molecule has 0 saturated carbocycles. The summed E-state index contributed by atoms with van der Waals surface area (Å²) < 4.78 is 11.0. The van der Waals surface area contributed by atoms with Crippen LogP contribution in [0.3, 0.4) is 0 Å². The van der Waals surface area contributed by atoms with Gasteiger partial charge in [0.15, 0.2) is 0 Å². The standard InChI is InChI=1S/C13H25NO2/c1-2-14-13-5-8-16-10-12(13)9-11-3-6-15-7-4-11/h11-14H,2-10H2,1H3. The van der Waals surface area contributed by atoms with Gasteiger partial charge in [-0.3, -0.25) is 0 Å². The predicted molar refractivity (Wildman–Crippen MR) is 64.6 cm³/mol. The van der Waals surface area contributed by atoms with E-state index in [2.05, 4.69) is 12.2 Å². The molecule has 0 aliphatic carbocycles. The lowest BCUT2D eigenvalue weighted by atomic mass is 9.83. The molecule has 0 aromatic rings.